The third-order valence-corrected chi connectivity index (χ3v) is 5.16. The maximum Gasteiger partial charge on any atom is 0.332 e. The van der Waals surface area contributed by atoms with Crippen molar-refractivity contribution in [3.05, 3.63) is 44.4 Å². The molecule has 1 fully saturated rings. The number of nitrogens with zero attached hydrogens (tertiary/aromatic N) is 4. The molecule has 1 aliphatic heterocycles. The van der Waals surface area contributed by atoms with Gasteiger partial charge in [0.2, 0.25) is 5.91 Å². The summed E-state index contributed by atoms with van der Waals surface area (Å²) in [6.07, 6.45) is 3.56. The molecule has 11 nitrogen and oxygen atoms in total. The van der Waals surface area contributed by atoms with E-state index in [1.54, 1.807) is 17.9 Å². The van der Waals surface area contributed by atoms with Crippen LogP contribution in [0.5, 0.6) is 0 Å². The number of Topliss-reactive ketones (excluding diaryl/α,β-unsaturated/α-hetero) is 1. The van der Waals surface area contributed by atoms with Crippen LogP contribution in [0.2, 0.25) is 0 Å². The predicted octanol–water partition coefficient (Wildman–Crippen LogP) is -0.829. The number of anilines is 1. The van der Waals surface area contributed by atoms with Gasteiger partial charge >= 0.3 is 5.69 Å². The van der Waals surface area contributed by atoms with Gasteiger partial charge in [-0.05, 0) is 26.3 Å². The summed E-state index contributed by atoms with van der Waals surface area (Å²) in [4.78, 5) is 51.9. The topological polar surface area (TPSA) is 159 Å². The number of likely N-dealkylation sites (tertiary alicyclic amines) is 1. The first-order valence-electron chi connectivity index (χ1n) is 9.44. The van der Waals surface area contributed by atoms with Crippen molar-refractivity contribution in [1.29, 1.82) is 0 Å². The Morgan fingerprint density at radius 2 is 2.03 bits per heavy atom. The molecule has 1 amide bonds. The molecule has 0 unspecified atom stereocenters. The van der Waals surface area contributed by atoms with Gasteiger partial charge in [-0.2, -0.15) is 0 Å². The number of hydrogen-bond donors (Lipinski definition) is 2. The van der Waals surface area contributed by atoms with Gasteiger partial charge in [-0.1, -0.05) is 11.6 Å². The molecule has 2 aromatic rings. The SMILES string of the molecule is CCn1c(=O)c(C(=O)CN2CCCC[C@@H]2C(N)=O)c(N)n(Cc2ccon2)c1=O. The molecule has 11 heteroatoms. The van der Waals surface area contributed by atoms with E-state index in [1.807, 2.05) is 0 Å². The van der Waals surface area contributed by atoms with Crippen LogP contribution in [0.3, 0.4) is 0 Å². The monoisotopic (exact) mass is 404 g/mol. The smallest absolute Gasteiger partial charge is 0.332 e. The predicted molar refractivity (Wildman–Crippen MR) is 103 cm³/mol. The Kier molecular flexibility index (Phi) is 5.97. The molecule has 29 heavy (non-hydrogen) atoms. The number of carbonyl (C=O) groups is 2. The van der Waals surface area contributed by atoms with Crippen molar-refractivity contribution in [2.45, 2.75) is 45.3 Å². The van der Waals surface area contributed by atoms with Crippen molar-refractivity contribution >= 4 is 17.5 Å². The average Bonchev–Trinajstić information content (AvgIpc) is 3.19. The third-order valence-electron chi connectivity index (χ3n) is 5.16. The summed E-state index contributed by atoms with van der Waals surface area (Å²) in [5.74, 6) is -1.30. The Hall–Kier alpha value is -3.21. The number of amides is 1. The first kappa shape index (κ1) is 20.5. The van der Waals surface area contributed by atoms with Crippen molar-refractivity contribution in [2.75, 3.05) is 18.8 Å². The molecule has 0 spiro atoms. The largest absolute Gasteiger partial charge is 0.384 e. The highest BCUT2D eigenvalue weighted by Gasteiger charge is 2.31. The second-order valence-electron chi connectivity index (χ2n) is 6.98. The lowest BCUT2D eigenvalue weighted by Crippen LogP contribution is -2.51. The molecule has 3 heterocycles. The lowest BCUT2D eigenvalue weighted by molar-refractivity contribution is -0.124. The minimum absolute atomic E-state index is 0.0463. The maximum absolute atomic E-state index is 13.0. The summed E-state index contributed by atoms with van der Waals surface area (Å²) in [6.45, 7) is 1.99. The van der Waals surface area contributed by atoms with Crippen LogP contribution >= 0.6 is 0 Å². The van der Waals surface area contributed by atoms with E-state index in [0.29, 0.717) is 18.7 Å². The summed E-state index contributed by atoms with van der Waals surface area (Å²) < 4.78 is 6.84. The molecule has 0 aromatic carbocycles. The van der Waals surface area contributed by atoms with Crippen molar-refractivity contribution in [2.24, 2.45) is 5.73 Å². The lowest BCUT2D eigenvalue weighted by atomic mass is 10.0. The molecule has 156 valence electrons. The molecule has 0 aliphatic carbocycles. The Balaban J connectivity index is 2.01. The fraction of sp³-hybridized carbons (Fsp3) is 0.500. The first-order valence-corrected chi connectivity index (χ1v) is 9.44. The lowest BCUT2D eigenvalue weighted by Gasteiger charge is -2.33. The molecular formula is C18H24N6O5. The van der Waals surface area contributed by atoms with E-state index >= 15 is 0 Å². The van der Waals surface area contributed by atoms with Gasteiger partial charge in [-0.15, -0.1) is 0 Å². The molecule has 0 bridgehead atoms. The normalized spacial score (nSPS) is 17.3. The van der Waals surface area contributed by atoms with E-state index in [0.717, 1.165) is 22.0 Å². The molecule has 3 rings (SSSR count). The van der Waals surface area contributed by atoms with Crippen LogP contribution in [0.1, 0.15) is 42.2 Å². The van der Waals surface area contributed by atoms with E-state index in [9.17, 15) is 19.2 Å². The summed E-state index contributed by atoms with van der Waals surface area (Å²) >= 11 is 0. The van der Waals surface area contributed by atoms with Crippen LogP contribution in [0.4, 0.5) is 5.82 Å². The van der Waals surface area contributed by atoms with Gasteiger partial charge in [0.1, 0.15) is 23.3 Å². The van der Waals surface area contributed by atoms with Crippen LogP contribution < -0.4 is 22.7 Å². The molecule has 1 atom stereocenters. The van der Waals surface area contributed by atoms with Crippen LogP contribution in [-0.2, 0) is 17.9 Å². The highest BCUT2D eigenvalue weighted by atomic mass is 16.5. The van der Waals surface area contributed by atoms with E-state index < -0.39 is 29.0 Å². The maximum atomic E-state index is 13.0. The molecule has 2 aromatic heterocycles. The number of rotatable bonds is 7. The minimum Gasteiger partial charge on any atom is -0.384 e. The number of nitrogens with two attached hydrogens (primary N) is 2. The van der Waals surface area contributed by atoms with Crippen molar-refractivity contribution in [3.63, 3.8) is 0 Å². The fourth-order valence-electron chi connectivity index (χ4n) is 3.66. The van der Waals surface area contributed by atoms with Crippen LogP contribution in [-0.4, -0.2) is 50.0 Å². The van der Waals surface area contributed by atoms with Crippen molar-refractivity contribution < 1.29 is 14.1 Å². The second kappa shape index (κ2) is 8.43. The van der Waals surface area contributed by atoms with E-state index in [-0.39, 0.29) is 31.0 Å². The number of nitrogen functional groups attached to an aromatic ring is 1. The van der Waals surface area contributed by atoms with Gasteiger partial charge in [-0.3, -0.25) is 28.4 Å². The Morgan fingerprint density at radius 3 is 2.66 bits per heavy atom. The van der Waals surface area contributed by atoms with Crippen molar-refractivity contribution in [1.82, 2.24) is 19.2 Å². The average molecular weight is 404 g/mol. The number of carbonyl (C=O) groups excluding carboxylic acids is 2. The van der Waals surface area contributed by atoms with Gasteiger partial charge in [0.15, 0.2) is 5.78 Å². The quantitative estimate of drug-likeness (QED) is 0.566. The van der Waals surface area contributed by atoms with Gasteiger partial charge in [-0.25, -0.2) is 4.79 Å². The van der Waals surface area contributed by atoms with Crippen LogP contribution in [0.15, 0.2) is 26.4 Å². The molecule has 0 radical (unpaired) electrons. The fourth-order valence-corrected chi connectivity index (χ4v) is 3.66. The van der Waals surface area contributed by atoms with E-state index in [4.69, 9.17) is 16.0 Å². The zero-order chi connectivity index (χ0) is 21.1. The summed E-state index contributed by atoms with van der Waals surface area (Å²) in [6, 6.07) is 0.989. The van der Waals surface area contributed by atoms with Gasteiger partial charge < -0.3 is 16.0 Å². The number of primary amides is 1. The van der Waals surface area contributed by atoms with E-state index in [1.165, 1.54) is 6.26 Å². The molecule has 1 aliphatic rings. The molecular weight excluding hydrogens is 380 g/mol. The standard InChI is InChI=1S/C18H24N6O5/c1-2-23-17(27)14(13(25)10-22-7-4-3-5-12(22)16(20)26)15(19)24(18(23)28)9-11-6-8-29-21-11/h6,8,12H,2-5,7,9-10,19H2,1H3,(H2,20,26)/t12-/m1/s1. The summed E-state index contributed by atoms with van der Waals surface area (Å²) in [7, 11) is 0. The number of aromatic nitrogens is 3. The van der Waals surface area contributed by atoms with Crippen LogP contribution in [0.25, 0.3) is 0 Å². The highest BCUT2D eigenvalue weighted by Crippen LogP contribution is 2.18. The zero-order valence-electron chi connectivity index (χ0n) is 16.2. The van der Waals surface area contributed by atoms with Gasteiger partial charge in [0.05, 0.1) is 19.1 Å². The second-order valence-corrected chi connectivity index (χ2v) is 6.98. The molecule has 4 N–H and O–H groups in total. The summed E-state index contributed by atoms with van der Waals surface area (Å²) in [5.41, 5.74) is 10.3. The Bertz CT molecular complexity index is 1020. The van der Waals surface area contributed by atoms with Gasteiger partial charge in [0, 0.05) is 12.6 Å². The first-order chi connectivity index (χ1) is 13.8. The van der Waals surface area contributed by atoms with Crippen molar-refractivity contribution in [3.8, 4) is 0 Å². The Morgan fingerprint density at radius 1 is 1.28 bits per heavy atom. The van der Waals surface area contributed by atoms with Gasteiger partial charge in [0.25, 0.3) is 5.56 Å². The third kappa shape index (κ3) is 3.99. The molecule has 1 saturated heterocycles. The highest BCUT2D eigenvalue weighted by molar-refractivity contribution is 6.01. The van der Waals surface area contributed by atoms with Crippen LogP contribution in [0, 0.1) is 0 Å². The number of piperidine rings is 1. The summed E-state index contributed by atoms with van der Waals surface area (Å²) in [5, 5.41) is 3.75. The Labute approximate surface area is 165 Å². The number of ketones is 1. The minimum atomic E-state index is -0.746. The van der Waals surface area contributed by atoms with E-state index in [2.05, 4.69) is 5.16 Å². The zero-order valence-corrected chi connectivity index (χ0v) is 16.2. The number of hydrogen-bond acceptors (Lipinski definition) is 8. The molecule has 0 saturated carbocycles.